The fourth-order valence-corrected chi connectivity index (χ4v) is 4.34. The Balaban J connectivity index is 1.97. The van der Waals surface area contributed by atoms with E-state index in [4.69, 9.17) is 4.74 Å². The fourth-order valence-electron chi connectivity index (χ4n) is 3.46. The van der Waals surface area contributed by atoms with Crippen LogP contribution in [0.25, 0.3) is 0 Å². The number of nitrogens with zero attached hydrogens (tertiary/aromatic N) is 4. The SMILES string of the molecule is Cc1nc(C)c(C(=O)N2CCOC[C@H]2c2c(C)nn(CC(F)(F)F)c2C)s1. The summed E-state index contributed by atoms with van der Waals surface area (Å²) in [7, 11) is 0. The highest BCUT2D eigenvalue weighted by Gasteiger charge is 2.36. The zero-order valence-corrected chi connectivity index (χ0v) is 16.4. The van der Waals surface area contributed by atoms with Crippen LogP contribution in [0.15, 0.2) is 0 Å². The van der Waals surface area contributed by atoms with Gasteiger partial charge < -0.3 is 9.64 Å². The Morgan fingerprint density at radius 3 is 2.56 bits per heavy atom. The predicted octanol–water partition coefficient (Wildman–Crippen LogP) is 3.35. The lowest BCUT2D eigenvalue weighted by atomic mass is 10.0. The quantitative estimate of drug-likeness (QED) is 0.790. The lowest BCUT2D eigenvalue weighted by Gasteiger charge is -2.36. The first-order valence-corrected chi connectivity index (χ1v) is 9.33. The molecule has 0 N–H and O–H groups in total. The molecule has 1 aliphatic rings. The van der Waals surface area contributed by atoms with Gasteiger partial charge in [0.1, 0.15) is 11.4 Å². The van der Waals surface area contributed by atoms with Crippen LogP contribution in [0, 0.1) is 27.7 Å². The summed E-state index contributed by atoms with van der Waals surface area (Å²) in [6, 6.07) is -0.477. The van der Waals surface area contributed by atoms with Gasteiger partial charge in [0.25, 0.3) is 5.91 Å². The van der Waals surface area contributed by atoms with E-state index in [1.165, 1.54) is 11.3 Å². The van der Waals surface area contributed by atoms with Gasteiger partial charge in [0.05, 0.1) is 35.7 Å². The highest BCUT2D eigenvalue weighted by molar-refractivity contribution is 7.13. The van der Waals surface area contributed by atoms with E-state index in [0.717, 1.165) is 9.69 Å². The van der Waals surface area contributed by atoms with Crippen LogP contribution in [0.4, 0.5) is 13.2 Å². The molecular weight excluding hydrogens is 381 g/mol. The minimum absolute atomic E-state index is 0.172. The molecule has 0 saturated carbocycles. The van der Waals surface area contributed by atoms with Crippen LogP contribution in [0.1, 0.15) is 43.4 Å². The average molecular weight is 402 g/mol. The minimum atomic E-state index is -4.36. The third kappa shape index (κ3) is 4.01. The molecule has 1 aliphatic heterocycles. The first-order valence-electron chi connectivity index (χ1n) is 8.52. The molecule has 10 heteroatoms. The molecule has 1 amide bonds. The number of rotatable bonds is 3. The molecule has 0 aromatic carbocycles. The van der Waals surface area contributed by atoms with E-state index in [2.05, 4.69) is 10.1 Å². The molecule has 0 aliphatic carbocycles. The Kier molecular flexibility index (Phi) is 5.31. The Morgan fingerprint density at radius 1 is 1.26 bits per heavy atom. The van der Waals surface area contributed by atoms with Gasteiger partial charge in [0.2, 0.25) is 0 Å². The van der Waals surface area contributed by atoms with Gasteiger partial charge >= 0.3 is 6.18 Å². The molecule has 3 rings (SSSR count). The topological polar surface area (TPSA) is 60.3 Å². The largest absolute Gasteiger partial charge is 0.408 e. The van der Waals surface area contributed by atoms with Gasteiger partial charge in [-0.3, -0.25) is 9.48 Å². The molecule has 0 radical (unpaired) electrons. The molecule has 6 nitrogen and oxygen atoms in total. The van der Waals surface area contributed by atoms with E-state index in [0.29, 0.717) is 40.7 Å². The molecule has 1 fully saturated rings. The average Bonchev–Trinajstić information content (AvgIpc) is 3.04. The third-order valence-electron chi connectivity index (χ3n) is 4.59. The number of aryl methyl sites for hydroxylation is 3. The maximum atomic E-state index is 13.1. The molecule has 3 heterocycles. The lowest BCUT2D eigenvalue weighted by molar-refractivity contribution is -0.143. The second-order valence-corrected chi connectivity index (χ2v) is 7.80. The molecule has 1 saturated heterocycles. The summed E-state index contributed by atoms with van der Waals surface area (Å²) in [6.07, 6.45) is -4.36. The molecule has 2 aromatic rings. The van der Waals surface area contributed by atoms with Crippen molar-refractivity contribution >= 4 is 17.2 Å². The summed E-state index contributed by atoms with van der Waals surface area (Å²) in [5, 5.41) is 4.85. The van der Waals surface area contributed by atoms with E-state index in [-0.39, 0.29) is 12.5 Å². The third-order valence-corrected chi connectivity index (χ3v) is 5.65. The molecule has 0 spiro atoms. The van der Waals surface area contributed by atoms with E-state index in [9.17, 15) is 18.0 Å². The van der Waals surface area contributed by atoms with Crippen molar-refractivity contribution in [2.75, 3.05) is 19.8 Å². The van der Waals surface area contributed by atoms with Crippen LogP contribution in [0.2, 0.25) is 0 Å². The summed E-state index contributed by atoms with van der Waals surface area (Å²) in [6.45, 7) is 6.69. The number of thiazole rings is 1. The molecule has 1 atom stereocenters. The van der Waals surface area contributed by atoms with Gasteiger partial charge in [-0.15, -0.1) is 11.3 Å². The summed E-state index contributed by atoms with van der Waals surface area (Å²) < 4.78 is 45.0. The van der Waals surface area contributed by atoms with Crippen LogP contribution >= 0.6 is 11.3 Å². The Labute approximate surface area is 158 Å². The van der Waals surface area contributed by atoms with Crippen LogP contribution in [0.5, 0.6) is 0 Å². The maximum absolute atomic E-state index is 13.1. The second kappa shape index (κ2) is 7.23. The summed E-state index contributed by atoms with van der Waals surface area (Å²) in [5.41, 5.74) is 2.15. The van der Waals surface area contributed by atoms with Gasteiger partial charge in [0.15, 0.2) is 0 Å². The number of halogens is 3. The van der Waals surface area contributed by atoms with Crippen molar-refractivity contribution in [3.8, 4) is 0 Å². The molecule has 0 bridgehead atoms. The van der Waals surface area contributed by atoms with E-state index < -0.39 is 18.8 Å². The number of carbonyl (C=O) groups excluding carboxylic acids is 1. The Hall–Kier alpha value is -1.94. The maximum Gasteiger partial charge on any atom is 0.408 e. The highest BCUT2D eigenvalue weighted by Crippen LogP contribution is 2.33. The minimum Gasteiger partial charge on any atom is -0.377 e. The first-order chi connectivity index (χ1) is 12.6. The number of alkyl halides is 3. The second-order valence-electron chi connectivity index (χ2n) is 6.59. The van der Waals surface area contributed by atoms with Crippen molar-refractivity contribution in [1.82, 2.24) is 19.7 Å². The molecule has 0 unspecified atom stereocenters. The predicted molar refractivity (Wildman–Crippen MR) is 93.9 cm³/mol. The van der Waals surface area contributed by atoms with Gasteiger partial charge in [-0.25, -0.2) is 4.98 Å². The lowest BCUT2D eigenvalue weighted by Crippen LogP contribution is -2.43. The van der Waals surface area contributed by atoms with Crippen molar-refractivity contribution in [2.24, 2.45) is 0 Å². The van der Waals surface area contributed by atoms with Gasteiger partial charge in [-0.05, 0) is 27.7 Å². The highest BCUT2D eigenvalue weighted by atomic mass is 32.1. The molecular formula is C17H21F3N4O2S. The number of hydrogen-bond acceptors (Lipinski definition) is 5. The number of amides is 1. The standard InChI is InChI=1S/C17H21F3N4O2S/c1-9-14(11(3)24(22-9)8-17(18,19)20)13-7-26-6-5-23(13)16(25)15-10(2)21-12(4)27-15/h13H,5-8H2,1-4H3/t13-/m0/s1. The Morgan fingerprint density at radius 2 is 1.96 bits per heavy atom. The van der Waals surface area contributed by atoms with Crippen LogP contribution < -0.4 is 0 Å². The van der Waals surface area contributed by atoms with Crippen molar-refractivity contribution in [3.63, 3.8) is 0 Å². The first kappa shape index (κ1) is 19.8. The van der Waals surface area contributed by atoms with E-state index in [1.807, 2.05) is 6.92 Å². The van der Waals surface area contributed by atoms with Gasteiger partial charge in [0, 0.05) is 17.8 Å². The summed E-state index contributed by atoms with van der Waals surface area (Å²) >= 11 is 1.32. The monoisotopic (exact) mass is 402 g/mol. The van der Waals surface area contributed by atoms with Gasteiger partial charge in [-0.2, -0.15) is 18.3 Å². The molecule has 148 valence electrons. The number of morpholine rings is 1. The smallest absolute Gasteiger partial charge is 0.377 e. The van der Waals surface area contributed by atoms with Crippen molar-refractivity contribution < 1.29 is 22.7 Å². The zero-order chi connectivity index (χ0) is 19.9. The number of aromatic nitrogens is 3. The molecule has 2 aromatic heterocycles. The van der Waals surface area contributed by atoms with Crippen LogP contribution in [0.3, 0.4) is 0 Å². The van der Waals surface area contributed by atoms with Crippen LogP contribution in [-0.4, -0.2) is 51.5 Å². The fraction of sp³-hybridized carbons (Fsp3) is 0.588. The van der Waals surface area contributed by atoms with E-state index in [1.54, 1.807) is 25.7 Å². The normalized spacial score (nSPS) is 18.2. The zero-order valence-electron chi connectivity index (χ0n) is 15.6. The van der Waals surface area contributed by atoms with Gasteiger partial charge in [-0.1, -0.05) is 0 Å². The van der Waals surface area contributed by atoms with Crippen LogP contribution in [-0.2, 0) is 11.3 Å². The Bertz CT molecular complexity index is 859. The summed E-state index contributed by atoms with van der Waals surface area (Å²) in [4.78, 5) is 19.6. The number of carbonyl (C=O) groups is 1. The van der Waals surface area contributed by atoms with Crippen molar-refractivity contribution in [3.05, 3.63) is 32.5 Å². The number of ether oxygens (including phenoxy) is 1. The summed E-state index contributed by atoms with van der Waals surface area (Å²) in [5.74, 6) is -0.172. The van der Waals surface area contributed by atoms with Crippen molar-refractivity contribution in [1.29, 1.82) is 0 Å². The van der Waals surface area contributed by atoms with Crippen molar-refractivity contribution in [2.45, 2.75) is 46.5 Å². The van der Waals surface area contributed by atoms with E-state index >= 15 is 0 Å². The number of hydrogen-bond donors (Lipinski definition) is 0. The molecule has 27 heavy (non-hydrogen) atoms.